The zero-order chi connectivity index (χ0) is 25.1. The van der Waals surface area contributed by atoms with Crippen LogP contribution in [-0.2, 0) is 27.3 Å². The van der Waals surface area contributed by atoms with E-state index in [0.717, 1.165) is 19.9 Å². The minimum Gasteiger partial charge on any atom is -0.755 e. The Bertz CT molecular complexity index is 1270. The maximum Gasteiger partial charge on any atom is 0.327 e. The molecule has 0 spiro atoms. The van der Waals surface area contributed by atoms with E-state index >= 15 is 0 Å². The van der Waals surface area contributed by atoms with E-state index in [1.807, 2.05) is 24.3 Å². The monoisotopic (exact) mass is 559 g/mol. The van der Waals surface area contributed by atoms with Crippen molar-refractivity contribution in [1.29, 1.82) is 0 Å². The van der Waals surface area contributed by atoms with Crippen LogP contribution in [0, 0.1) is 5.82 Å². The molecule has 0 aliphatic carbocycles. The van der Waals surface area contributed by atoms with E-state index in [4.69, 9.17) is 0 Å². The topological polar surface area (TPSA) is 101 Å². The second-order valence-electron chi connectivity index (χ2n) is 8.06. The number of aliphatic carboxylic acids is 1. The highest BCUT2D eigenvalue weighted by Crippen LogP contribution is 2.31. The summed E-state index contributed by atoms with van der Waals surface area (Å²) in [6.45, 7) is 0.365. The molecule has 4 rings (SSSR count). The Balaban J connectivity index is 1.50. The summed E-state index contributed by atoms with van der Waals surface area (Å²) >= 11 is 0.493. The molecule has 0 bridgehead atoms. The van der Waals surface area contributed by atoms with Crippen LogP contribution in [0.25, 0.3) is 11.1 Å². The third kappa shape index (κ3) is 5.61. The van der Waals surface area contributed by atoms with E-state index in [0.29, 0.717) is 24.2 Å². The maximum absolute atomic E-state index is 13.5. The molecule has 35 heavy (non-hydrogen) atoms. The summed E-state index contributed by atoms with van der Waals surface area (Å²) < 4.78 is 39.3. The number of rotatable bonds is 8. The number of carbonyl (C=O) groups excluding carboxylic acids is 1. The highest BCUT2D eigenvalue weighted by atomic mass is 79.9. The average Bonchev–Trinajstić information content (AvgIpc) is 3.25. The molecular formula is C25H21BrFN2O5S-. The molecule has 0 saturated heterocycles. The predicted molar refractivity (Wildman–Crippen MR) is 134 cm³/mol. The Morgan fingerprint density at radius 3 is 2.31 bits per heavy atom. The first-order valence-electron chi connectivity index (χ1n) is 10.8. The van der Waals surface area contributed by atoms with Crippen LogP contribution in [-0.4, -0.2) is 38.3 Å². The average molecular weight is 560 g/mol. The van der Waals surface area contributed by atoms with E-state index < -0.39 is 23.3 Å². The van der Waals surface area contributed by atoms with Gasteiger partial charge in [-0.1, -0.05) is 40.2 Å². The number of nitrogens with zero attached hydrogens (tertiary/aromatic N) is 2. The van der Waals surface area contributed by atoms with Gasteiger partial charge in [0.05, 0.1) is 0 Å². The molecule has 2 unspecified atom stereocenters. The van der Waals surface area contributed by atoms with Gasteiger partial charge in [0, 0.05) is 40.1 Å². The molecule has 7 nitrogen and oxygen atoms in total. The predicted octanol–water partition coefficient (Wildman–Crippen LogP) is 4.68. The molecule has 2 atom stereocenters. The SMILES string of the molecule is O=C(O)C(CCC(=O)N1CCc2cc(F)ccc21)N(c1ccc(-c2ccc(Br)cc2)cc1)S(=O)[O-]. The number of hydrogen-bond acceptors (Lipinski definition) is 4. The summed E-state index contributed by atoms with van der Waals surface area (Å²) in [5, 5.41) is 9.79. The largest absolute Gasteiger partial charge is 0.755 e. The zero-order valence-corrected chi connectivity index (χ0v) is 20.8. The van der Waals surface area contributed by atoms with Crippen molar-refractivity contribution in [3.63, 3.8) is 0 Å². The Labute approximate surface area is 212 Å². The minimum atomic E-state index is -2.88. The first kappa shape index (κ1) is 25.0. The maximum atomic E-state index is 13.5. The highest BCUT2D eigenvalue weighted by molar-refractivity contribution is 9.10. The van der Waals surface area contributed by atoms with Crippen molar-refractivity contribution in [2.24, 2.45) is 0 Å². The van der Waals surface area contributed by atoms with Crippen LogP contribution >= 0.6 is 15.9 Å². The molecule has 1 N–H and O–H groups in total. The van der Waals surface area contributed by atoms with Gasteiger partial charge in [-0.2, -0.15) is 0 Å². The van der Waals surface area contributed by atoms with E-state index in [1.165, 1.54) is 35.2 Å². The lowest BCUT2D eigenvalue weighted by atomic mass is 10.0. The molecule has 1 aliphatic heterocycles. The molecule has 1 amide bonds. The molecule has 3 aromatic rings. The van der Waals surface area contributed by atoms with Crippen molar-refractivity contribution in [3.05, 3.63) is 82.6 Å². The number of fused-ring (bicyclic) bond motifs is 1. The number of benzene rings is 3. The van der Waals surface area contributed by atoms with E-state index in [9.17, 15) is 27.8 Å². The van der Waals surface area contributed by atoms with Gasteiger partial charge in [-0.25, -0.2) is 9.18 Å². The summed E-state index contributed by atoms with van der Waals surface area (Å²) in [6.07, 6.45) is 0.102. The first-order valence-corrected chi connectivity index (χ1v) is 12.6. The second-order valence-corrected chi connectivity index (χ2v) is 9.80. The van der Waals surface area contributed by atoms with E-state index in [1.54, 1.807) is 12.1 Å². The summed E-state index contributed by atoms with van der Waals surface area (Å²) in [6, 6.07) is 16.8. The van der Waals surface area contributed by atoms with Gasteiger partial charge in [-0.05, 0) is 72.0 Å². The standard InChI is InChI=1S/C25H22BrFN2O5S/c26-19-5-1-16(2-6-19)17-3-8-21(9-4-17)29(35(33)34)23(25(31)32)11-12-24(30)28-14-13-18-15-20(27)7-10-22(18)28/h1-10,15,23H,11-14H2,(H,31,32)(H,33,34)/p-1. The Morgan fingerprint density at radius 2 is 1.71 bits per heavy atom. The number of amides is 1. The Morgan fingerprint density at radius 1 is 1.09 bits per heavy atom. The van der Waals surface area contributed by atoms with Gasteiger partial charge in [0.25, 0.3) is 0 Å². The lowest BCUT2D eigenvalue weighted by molar-refractivity contribution is -0.138. The van der Waals surface area contributed by atoms with Crippen molar-refractivity contribution in [1.82, 2.24) is 0 Å². The number of carboxylic acids is 1. The lowest BCUT2D eigenvalue weighted by Crippen LogP contribution is -2.43. The quantitative estimate of drug-likeness (QED) is 0.404. The molecule has 3 aromatic carbocycles. The molecule has 10 heteroatoms. The van der Waals surface area contributed by atoms with Gasteiger partial charge in [-0.15, -0.1) is 0 Å². The third-order valence-corrected chi connectivity index (χ3v) is 7.21. The first-order chi connectivity index (χ1) is 16.7. The Kier molecular flexibility index (Phi) is 7.63. The number of carbonyl (C=O) groups is 2. The molecule has 0 fully saturated rings. The fourth-order valence-electron chi connectivity index (χ4n) is 4.18. The summed E-state index contributed by atoms with van der Waals surface area (Å²) in [4.78, 5) is 26.3. The number of halogens is 2. The van der Waals surface area contributed by atoms with Crippen molar-refractivity contribution < 1.29 is 27.8 Å². The van der Waals surface area contributed by atoms with Crippen LogP contribution in [0.15, 0.2) is 71.2 Å². The van der Waals surface area contributed by atoms with Crippen LogP contribution in [0.2, 0.25) is 0 Å². The van der Waals surface area contributed by atoms with Crippen molar-refractivity contribution in [2.75, 3.05) is 15.7 Å². The molecule has 0 aromatic heterocycles. The second kappa shape index (κ2) is 10.7. The van der Waals surface area contributed by atoms with Crippen molar-refractivity contribution in [2.45, 2.75) is 25.3 Å². The number of carboxylic acid groups (broad SMARTS) is 1. The van der Waals surface area contributed by atoms with Gasteiger partial charge in [-0.3, -0.25) is 13.3 Å². The van der Waals surface area contributed by atoms with Gasteiger partial charge >= 0.3 is 5.97 Å². The van der Waals surface area contributed by atoms with Crippen LogP contribution in [0.4, 0.5) is 15.8 Å². The van der Waals surface area contributed by atoms with Crippen LogP contribution in [0.3, 0.4) is 0 Å². The van der Waals surface area contributed by atoms with Crippen LogP contribution in [0.1, 0.15) is 18.4 Å². The van der Waals surface area contributed by atoms with Crippen molar-refractivity contribution >= 4 is 50.4 Å². The van der Waals surface area contributed by atoms with Gasteiger partial charge in [0.2, 0.25) is 5.91 Å². The van der Waals surface area contributed by atoms with Crippen LogP contribution < -0.4 is 9.21 Å². The normalized spacial score (nSPS) is 14.3. The van der Waals surface area contributed by atoms with Crippen molar-refractivity contribution in [3.8, 4) is 11.1 Å². The molecule has 0 radical (unpaired) electrons. The fourth-order valence-corrected chi connectivity index (χ4v) is 5.14. The van der Waals surface area contributed by atoms with Gasteiger partial charge in [0.15, 0.2) is 0 Å². The highest BCUT2D eigenvalue weighted by Gasteiger charge is 2.30. The Hall–Kier alpha value is -3.08. The molecule has 182 valence electrons. The summed E-state index contributed by atoms with van der Waals surface area (Å²) in [7, 11) is 0. The van der Waals surface area contributed by atoms with Gasteiger partial charge in [0.1, 0.15) is 11.9 Å². The number of hydrogen-bond donors (Lipinski definition) is 1. The lowest BCUT2D eigenvalue weighted by Gasteiger charge is -2.32. The molecule has 0 saturated carbocycles. The summed E-state index contributed by atoms with van der Waals surface area (Å²) in [5.41, 5.74) is 3.24. The van der Waals surface area contributed by atoms with E-state index in [2.05, 4.69) is 15.9 Å². The zero-order valence-electron chi connectivity index (χ0n) is 18.4. The molecule has 1 heterocycles. The van der Waals surface area contributed by atoms with Crippen LogP contribution in [0.5, 0.6) is 0 Å². The third-order valence-electron chi connectivity index (χ3n) is 5.90. The summed E-state index contributed by atoms with van der Waals surface area (Å²) in [5.74, 6) is -2.09. The molecular weight excluding hydrogens is 539 g/mol. The van der Waals surface area contributed by atoms with Gasteiger partial charge < -0.3 is 14.6 Å². The smallest absolute Gasteiger partial charge is 0.327 e. The fraction of sp³-hybridized carbons (Fsp3) is 0.200. The minimum absolute atomic E-state index is 0.182. The number of anilines is 2. The molecule has 1 aliphatic rings. The van der Waals surface area contributed by atoms with E-state index in [-0.39, 0.29) is 30.3 Å².